The first-order valence-corrected chi connectivity index (χ1v) is 7.53. The Labute approximate surface area is 120 Å². The van der Waals surface area contributed by atoms with Crippen LogP contribution >= 0.6 is 0 Å². The van der Waals surface area contributed by atoms with Gasteiger partial charge in [-0.15, -0.1) is 0 Å². The minimum absolute atomic E-state index is 0.0700. The highest BCUT2D eigenvalue weighted by Crippen LogP contribution is 2.33. The first-order valence-electron chi connectivity index (χ1n) is 7.53. The number of nitrogens with one attached hydrogen (secondary N) is 2. The average Bonchev–Trinajstić information content (AvgIpc) is 2.85. The molecule has 4 N–H and O–H groups in total. The molecular weight excluding hydrogens is 250 g/mol. The van der Waals surface area contributed by atoms with Gasteiger partial charge in [0.05, 0.1) is 5.92 Å². The fourth-order valence-electron chi connectivity index (χ4n) is 3.40. The number of carbonyl (C=O) groups is 1. The van der Waals surface area contributed by atoms with E-state index in [9.17, 15) is 4.79 Å². The molecule has 0 bridgehead atoms. The molecular formula is C16H23N3O. The molecule has 1 heterocycles. The predicted octanol–water partition coefficient (Wildman–Crippen LogP) is 2.50. The fourth-order valence-corrected chi connectivity index (χ4v) is 3.40. The third-order valence-corrected chi connectivity index (χ3v) is 4.65. The van der Waals surface area contributed by atoms with Gasteiger partial charge in [0.15, 0.2) is 0 Å². The molecule has 1 aliphatic heterocycles. The van der Waals surface area contributed by atoms with Gasteiger partial charge in [0.2, 0.25) is 5.91 Å². The van der Waals surface area contributed by atoms with Crippen LogP contribution in [-0.4, -0.2) is 18.0 Å². The third-order valence-electron chi connectivity index (χ3n) is 4.65. The van der Waals surface area contributed by atoms with Crippen LogP contribution in [-0.2, 0) is 11.2 Å². The molecule has 0 aromatic heterocycles. The summed E-state index contributed by atoms with van der Waals surface area (Å²) in [5.41, 5.74) is 9.27. The van der Waals surface area contributed by atoms with E-state index in [4.69, 9.17) is 5.73 Å². The van der Waals surface area contributed by atoms with Crippen LogP contribution in [0.1, 0.15) is 38.2 Å². The van der Waals surface area contributed by atoms with Gasteiger partial charge >= 0.3 is 0 Å². The number of anilines is 2. The predicted molar refractivity (Wildman–Crippen MR) is 81.8 cm³/mol. The van der Waals surface area contributed by atoms with Crippen molar-refractivity contribution in [3.63, 3.8) is 0 Å². The van der Waals surface area contributed by atoms with E-state index >= 15 is 0 Å². The lowest BCUT2D eigenvalue weighted by atomic mass is 9.74. The molecule has 3 rings (SSSR count). The van der Waals surface area contributed by atoms with Crippen molar-refractivity contribution in [2.24, 2.45) is 11.7 Å². The maximum absolute atomic E-state index is 12.5. The van der Waals surface area contributed by atoms with E-state index in [1.165, 1.54) is 11.3 Å². The summed E-state index contributed by atoms with van der Waals surface area (Å²) in [6.07, 6.45) is 5.07. The van der Waals surface area contributed by atoms with E-state index < -0.39 is 0 Å². The van der Waals surface area contributed by atoms with Crippen LogP contribution in [0.4, 0.5) is 11.4 Å². The minimum Gasteiger partial charge on any atom is -0.384 e. The Hall–Kier alpha value is -1.55. The molecule has 2 unspecified atom stereocenters. The van der Waals surface area contributed by atoms with Gasteiger partial charge in [-0.25, -0.2) is 0 Å². The molecule has 2 aliphatic rings. The maximum atomic E-state index is 12.5. The van der Waals surface area contributed by atoms with E-state index in [-0.39, 0.29) is 17.4 Å². The molecule has 1 fully saturated rings. The average molecular weight is 273 g/mol. The van der Waals surface area contributed by atoms with Crippen molar-refractivity contribution in [1.82, 2.24) is 0 Å². The Morgan fingerprint density at radius 3 is 3.10 bits per heavy atom. The fraction of sp³-hybridized carbons (Fsp3) is 0.562. The molecule has 1 aromatic rings. The Kier molecular flexibility index (Phi) is 3.42. The quantitative estimate of drug-likeness (QED) is 0.775. The van der Waals surface area contributed by atoms with Crippen LogP contribution in [0.15, 0.2) is 18.2 Å². The smallest absolute Gasteiger partial charge is 0.229 e. The summed E-state index contributed by atoms with van der Waals surface area (Å²) in [7, 11) is 0. The highest BCUT2D eigenvalue weighted by Gasteiger charge is 2.37. The van der Waals surface area contributed by atoms with Gasteiger partial charge in [-0.1, -0.05) is 12.8 Å². The van der Waals surface area contributed by atoms with Crippen molar-refractivity contribution in [3.05, 3.63) is 23.8 Å². The zero-order chi connectivity index (χ0) is 14.2. The summed E-state index contributed by atoms with van der Waals surface area (Å²) in [6, 6.07) is 6.08. The Morgan fingerprint density at radius 2 is 2.30 bits per heavy atom. The molecule has 2 atom stereocenters. The maximum Gasteiger partial charge on any atom is 0.229 e. The van der Waals surface area contributed by atoms with Crippen LogP contribution in [0.25, 0.3) is 0 Å². The zero-order valence-corrected chi connectivity index (χ0v) is 12.0. The summed E-state index contributed by atoms with van der Waals surface area (Å²) in [5, 5.41) is 6.37. The molecule has 1 amide bonds. The SMILES string of the molecule is CC1(N)CCCCC1C(=O)Nc1ccc2c(c1)CCN2. The summed E-state index contributed by atoms with van der Waals surface area (Å²) in [4.78, 5) is 12.5. The normalized spacial score (nSPS) is 28.6. The second kappa shape index (κ2) is 5.09. The van der Waals surface area contributed by atoms with Crippen LogP contribution in [0.5, 0.6) is 0 Å². The molecule has 4 heteroatoms. The molecule has 4 nitrogen and oxygen atoms in total. The van der Waals surface area contributed by atoms with E-state index in [1.54, 1.807) is 0 Å². The van der Waals surface area contributed by atoms with E-state index in [0.717, 1.165) is 44.3 Å². The Balaban J connectivity index is 1.72. The molecule has 0 spiro atoms. The number of fused-ring (bicyclic) bond motifs is 1. The number of amides is 1. The topological polar surface area (TPSA) is 67.2 Å². The van der Waals surface area contributed by atoms with Crippen molar-refractivity contribution >= 4 is 17.3 Å². The summed E-state index contributed by atoms with van der Waals surface area (Å²) >= 11 is 0. The second-order valence-corrected chi connectivity index (χ2v) is 6.34. The van der Waals surface area contributed by atoms with Crippen molar-refractivity contribution in [2.75, 3.05) is 17.2 Å². The van der Waals surface area contributed by atoms with Gasteiger partial charge in [-0.2, -0.15) is 0 Å². The number of benzene rings is 1. The van der Waals surface area contributed by atoms with Crippen molar-refractivity contribution in [1.29, 1.82) is 0 Å². The lowest BCUT2D eigenvalue weighted by Crippen LogP contribution is -2.51. The summed E-state index contributed by atoms with van der Waals surface area (Å²) in [6.45, 7) is 2.99. The standard InChI is InChI=1S/C16H23N3O/c1-16(17)8-3-2-4-13(16)15(20)19-12-5-6-14-11(10-12)7-9-18-14/h5-6,10,13,18H,2-4,7-9,17H2,1H3,(H,19,20). The largest absolute Gasteiger partial charge is 0.384 e. The van der Waals surface area contributed by atoms with Gasteiger partial charge in [-0.05, 0) is 49.9 Å². The Bertz CT molecular complexity index is 524. The highest BCUT2D eigenvalue weighted by molar-refractivity contribution is 5.94. The van der Waals surface area contributed by atoms with Gasteiger partial charge < -0.3 is 16.4 Å². The van der Waals surface area contributed by atoms with Crippen molar-refractivity contribution < 1.29 is 4.79 Å². The first kappa shape index (κ1) is 13.4. The summed E-state index contributed by atoms with van der Waals surface area (Å²) < 4.78 is 0. The molecule has 1 aromatic carbocycles. The second-order valence-electron chi connectivity index (χ2n) is 6.34. The minimum atomic E-state index is -0.374. The summed E-state index contributed by atoms with van der Waals surface area (Å²) in [5.74, 6) is -0.0109. The highest BCUT2D eigenvalue weighted by atomic mass is 16.1. The van der Waals surface area contributed by atoms with Crippen LogP contribution in [0.2, 0.25) is 0 Å². The monoisotopic (exact) mass is 273 g/mol. The number of carbonyl (C=O) groups excluding carboxylic acids is 1. The van der Waals surface area contributed by atoms with E-state index in [2.05, 4.69) is 16.7 Å². The molecule has 0 saturated heterocycles. The van der Waals surface area contributed by atoms with Crippen LogP contribution < -0.4 is 16.4 Å². The van der Waals surface area contributed by atoms with Gasteiger partial charge in [-0.3, -0.25) is 4.79 Å². The van der Waals surface area contributed by atoms with Crippen LogP contribution in [0.3, 0.4) is 0 Å². The number of rotatable bonds is 2. The third kappa shape index (κ3) is 2.52. The Morgan fingerprint density at radius 1 is 1.45 bits per heavy atom. The van der Waals surface area contributed by atoms with E-state index in [1.807, 2.05) is 19.1 Å². The lowest BCUT2D eigenvalue weighted by Gasteiger charge is -2.37. The van der Waals surface area contributed by atoms with Crippen molar-refractivity contribution in [2.45, 2.75) is 44.6 Å². The van der Waals surface area contributed by atoms with E-state index in [0.29, 0.717) is 0 Å². The van der Waals surface area contributed by atoms with Gasteiger partial charge in [0.25, 0.3) is 0 Å². The number of nitrogens with two attached hydrogens (primary N) is 1. The van der Waals surface area contributed by atoms with Crippen molar-refractivity contribution in [3.8, 4) is 0 Å². The number of hydrogen-bond acceptors (Lipinski definition) is 3. The van der Waals surface area contributed by atoms with Gasteiger partial charge in [0, 0.05) is 23.5 Å². The van der Waals surface area contributed by atoms with Crippen LogP contribution in [0, 0.1) is 5.92 Å². The molecule has 20 heavy (non-hydrogen) atoms. The zero-order valence-electron chi connectivity index (χ0n) is 12.0. The first-order chi connectivity index (χ1) is 9.56. The van der Waals surface area contributed by atoms with Gasteiger partial charge in [0.1, 0.15) is 0 Å². The molecule has 1 saturated carbocycles. The lowest BCUT2D eigenvalue weighted by molar-refractivity contribution is -0.122. The number of hydrogen-bond donors (Lipinski definition) is 3. The molecule has 1 aliphatic carbocycles. The molecule has 108 valence electrons. The molecule has 0 radical (unpaired) electrons.